The van der Waals surface area contributed by atoms with Gasteiger partial charge in [-0.1, -0.05) is 0 Å². The van der Waals surface area contributed by atoms with E-state index in [9.17, 15) is 9.59 Å². The summed E-state index contributed by atoms with van der Waals surface area (Å²) in [5.41, 5.74) is 0.882. The predicted octanol–water partition coefficient (Wildman–Crippen LogP) is 1.36. The molecule has 0 saturated carbocycles. The molecule has 132 valence electrons. The number of carbonyl (C=O) groups is 1. The number of nitrogens with one attached hydrogen (secondary N) is 2. The molecule has 8 heteroatoms. The van der Waals surface area contributed by atoms with Gasteiger partial charge in [0, 0.05) is 13.1 Å². The number of aromatic nitrogens is 3. The van der Waals surface area contributed by atoms with Gasteiger partial charge in [-0.15, -0.1) is 0 Å². The van der Waals surface area contributed by atoms with Crippen LogP contribution in [0.25, 0.3) is 11.2 Å². The average Bonchev–Trinajstić information content (AvgIpc) is 3.14. The SMILES string of the molecule is Cc1ccc(CN(CCN(C)C)C(=O)c2ccc3[nH]c(=O)[nH]c3n2)o1. The van der Waals surface area contributed by atoms with Gasteiger partial charge in [-0.2, -0.15) is 0 Å². The molecule has 0 aliphatic rings. The van der Waals surface area contributed by atoms with Gasteiger partial charge in [0.05, 0.1) is 12.1 Å². The number of H-pyrrole nitrogens is 2. The molecule has 0 bridgehead atoms. The Morgan fingerprint density at radius 3 is 2.64 bits per heavy atom. The van der Waals surface area contributed by atoms with Crippen molar-refractivity contribution in [3.8, 4) is 0 Å². The normalized spacial score (nSPS) is 11.4. The van der Waals surface area contributed by atoms with Crippen LogP contribution < -0.4 is 5.69 Å². The second-order valence-electron chi connectivity index (χ2n) is 6.21. The molecular formula is C17H21N5O3. The van der Waals surface area contributed by atoms with Crippen LogP contribution in [0.1, 0.15) is 22.0 Å². The Bertz CT molecular complexity index is 937. The van der Waals surface area contributed by atoms with E-state index in [2.05, 4.69) is 15.0 Å². The van der Waals surface area contributed by atoms with Gasteiger partial charge in [-0.05, 0) is 45.3 Å². The Morgan fingerprint density at radius 1 is 1.16 bits per heavy atom. The second kappa shape index (κ2) is 6.94. The Morgan fingerprint density at radius 2 is 1.96 bits per heavy atom. The zero-order chi connectivity index (χ0) is 18.0. The van der Waals surface area contributed by atoms with E-state index in [0.29, 0.717) is 30.8 Å². The number of nitrogens with zero attached hydrogens (tertiary/aromatic N) is 3. The Labute approximate surface area is 144 Å². The number of likely N-dealkylation sites (N-methyl/N-ethyl adjacent to an activating group) is 1. The van der Waals surface area contributed by atoms with Crippen LogP contribution in [0.4, 0.5) is 0 Å². The first kappa shape index (κ1) is 17.0. The van der Waals surface area contributed by atoms with Crippen LogP contribution in [-0.4, -0.2) is 57.8 Å². The van der Waals surface area contributed by atoms with Crippen molar-refractivity contribution >= 4 is 17.1 Å². The monoisotopic (exact) mass is 343 g/mol. The van der Waals surface area contributed by atoms with E-state index in [0.717, 1.165) is 11.5 Å². The fourth-order valence-electron chi connectivity index (χ4n) is 2.53. The van der Waals surface area contributed by atoms with Crippen molar-refractivity contribution in [1.29, 1.82) is 0 Å². The van der Waals surface area contributed by atoms with Crippen molar-refractivity contribution in [2.75, 3.05) is 27.2 Å². The molecule has 0 atom stereocenters. The summed E-state index contributed by atoms with van der Waals surface area (Å²) in [7, 11) is 3.91. The number of hydrogen-bond acceptors (Lipinski definition) is 5. The molecule has 0 spiro atoms. The van der Waals surface area contributed by atoms with Gasteiger partial charge in [0.1, 0.15) is 17.2 Å². The molecular weight excluding hydrogens is 322 g/mol. The van der Waals surface area contributed by atoms with Gasteiger partial charge in [-0.3, -0.25) is 9.78 Å². The van der Waals surface area contributed by atoms with Gasteiger partial charge >= 0.3 is 5.69 Å². The van der Waals surface area contributed by atoms with E-state index in [1.54, 1.807) is 17.0 Å². The van der Waals surface area contributed by atoms with Crippen molar-refractivity contribution in [1.82, 2.24) is 24.8 Å². The van der Waals surface area contributed by atoms with Crippen LogP contribution in [0, 0.1) is 6.92 Å². The maximum absolute atomic E-state index is 12.9. The summed E-state index contributed by atoms with van der Waals surface area (Å²) in [6.07, 6.45) is 0. The summed E-state index contributed by atoms with van der Waals surface area (Å²) < 4.78 is 5.60. The van der Waals surface area contributed by atoms with Gasteiger partial charge in [0.2, 0.25) is 0 Å². The number of aryl methyl sites for hydroxylation is 1. The van der Waals surface area contributed by atoms with Crippen molar-refractivity contribution < 1.29 is 9.21 Å². The molecule has 0 fully saturated rings. The van der Waals surface area contributed by atoms with E-state index in [4.69, 9.17) is 4.42 Å². The van der Waals surface area contributed by atoms with E-state index in [-0.39, 0.29) is 17.3 Å². The molecule has 1 amide bonds. The van der Waals surface area contributed by atoms with E-state index < -0.39 is 0 Å². The van der Waals surface area contributed by atoms with Crippen LogP contribution in [0.2, 0.25) is 0 Å². The number of furan rings is 1. The van der Waals surface area contributed by atoms with Crippen LogP contribution >= 0.6 is 0 Å². The van der Waals surface area contributed by atoms with Crippen molar-refractivity contribution in [3.05, 3.63) is 52.0 Å². The minimum Gasteiger partial charge on any atom is -0.464 e. The Hall–Kier alpha value is -2.87. The standard InChI is InChI=1S/C17H21N5O3/c1-11-4-5-12(25-11)10-22(9-8-21(2)3)16(23)14-7-6-13-15(18-14)20-17(24)19-13/h4-7H,8-10H2,1-3H3,(H2,18,19,20,24). The van der Waals surface area contributed by atoms with Crippen molar-refractivity contribution in [3.63, 3.8) is 0 Å². The molecule has 8 nitrogen and oxygen atoms in total. The largest absolute Gasteiger partial charge is 0.464 e. The lowest BCUT2D eigenvalue weighted by Crippen LogP contribution is -2.36. The number of carbonyl (C=O) groups excluding carboxylic acids is 1. The molecule has 3 rings (SSSR count). The second-order valence-corrected chi connectivity index (χ2v) is 6.21. The zero-order valence-corrected chi connectivity index (χ0v) is 14.5. The molecule has 25 heavy (non-hydrogen) atoms. The molecule has 0 aliphatic heterocycles. The minimum atomic E-state index is -0.345. The highest BCUT2D eigenvalue weighted by molar-refractivity contribution is 5.94. The fraction of sp³-hybridized carbons (Fsp3) is 0.353. The lowest BCUT2D eigenvalue weighted by molar-refractivity contribution is 0.0713. The zero-order valence-electron chi connectivity index (χ0n) is 14.5. The molecule has 0 saturated heterocycles. The lowest BCUT2D eigenvalue weighted by Gasteiger charge is -2.23. The quantitative estimate of drug-likeness (QED) is 0.704. The Kier molecular flexibility index (Phi) is 4.71. The molecule has 3 heterocycles. The summed E-state index contributed by atoms with van der Waals surface area (Å²) in [6.45, 7) is 3.49. The number of rotatable bonds is 6. The van der Waals surface area contributed by atoms with Crippen molar-refractivity contribution in [2.45, 2.75) is 13.5 Å². The third-order valence-corrected chi connectivity index (χ3v) is 3.84. The highest BCUT2D eigenvalue weighted by atomic mass is 16.3. The van der Waals surface area contributed by atoms with Gasteiger partial charge in [-0.25, -0.2) is 9.78 Å². The molecule has 0 radical (unpaired) electrons. The predicted molar refractivity (Wildman–Crippen MR) is 93.5 cm³/mol. The molecule has 0 aromatic carbocycles. The average molecular weight is 343 g/mol. The van der Waals surface area contributed by atoms with E-state index in [1.165, 1.54) is 0 Å². The lowest BCUT2D eigenvalue weighted by atomic mass is 10.2. The minimum absolute atomic E-state index is 0.208. The van der Waals surface area contributed by atoms with Crippen LogP contribution in [0.5, 0.6) is 0 Å². The van der Waals surface area contributed by atoms with Crippen LogP contribution in [0.15, 0.2) is 33.5 Å². The molecule has 2 N–H and O–H groups in total. The fourth-order valence-corrected chi connectivity index (χ4v) is 2.53. The molecule has 3 aromatic heterocycles. The topological polar surface area (TPSA) is 98.2 Å². The van der Waals surface area contributed by atoms with Gasteiger partial charge < -0.3 is 19.2 Å². The Balaban J connectivity index is 1.86. The summed E-state index contributed by atoms with van der Waals surface area (Å²) in [6, 6.07) is 7.03. The number of fused-ring (bicyclic) bond motifs is 1. The summed E-state index contributed by atoms with van der Waals surface area (Å²) in [4.78, 5) is 37.4. The third-order valence-electron chi connectivity index (χ3n) is 3.84. The maximum Gasteiger partial charge on any atom is 0.325 e. The first-order chi connectivity index (χ1) is 11.9. The molecule has 0 aliphatic carbocycles. The third kappa shape index (κ3) is 3.97. The maximum atomic E-state index is 12.9. The van der Waals surface area contributed by atoms with Gasteiger partial charge in [0.15, 0.2) is 5.65 Å². The van der Waals surface area contributed by atoms with Gasteiger partial charge in [0.25, 0.3) is 5.91 Å². The highest BCUT2D eigenvalue weighted by Gasteiger charge is 2.19. The first-order valence-electron chi connectivity index (χ1n) is 8.01. The van der Waals surface area contributed by atoms with E-state index >= 15 is 0 Å². The number of amides is 1. The van der Waals surface area contributed by atoms with Crippen molar-refractivity contribution in [2.24, 2.45) is 0 Å². The number of pyridine rings is 1. The van der Waals surface area contributed by atoms with Crippen LogP contribution in [0.3, 0.4) is 0 Å². The molecule has 0 unspecified atom stereocenters. The number of aromatic amines is 2. The molecule has 3 aromatic rings. The first-order valence-corrected chi connectivity index (χ1v) is 8.01. The number of hydrogen-bond donors (Lipinski definition) is 2. The number of imidazole rings is 1. The van der Waals surface area contributed by atoms with E-state index in [1.807, 2.05) is 38.1 Å². The smallest absolute Gasteiger partial charge is 0.325 e. The van der Waals surface area contributed by atoms with Crippen LogP contribution in [-0.2, 0) is 6.54 Å². The summed E-state index contributed by atoms with van der Waals surface area (Å²) >= 11 is 0. The summed E-state index contributed by atoms with van der Waals surface area (Å²) in [5.74, 6) is 1.32. The summed E-state index contributed by atoms with van der Waals surface area (Å²) in [5, 5.41) is 0. The highest BCUT2D eigenvalue weighted by Crippen LogP contribution is 2.13.